The van der Waals surface area contributed by atoms with Gasteiger partial charge in [0.05, 0.1) is 5.69 Å². The second kappa shape index (κ2) is 16.0. The van der Waals surface area contributed by atoms with Gasteiger partial charge in [0.15, 0.2) is 0 Å². The number of fused-ring (bicyclic) bond motifs is 3. The molecule has 0 fully saturated rings. The molecular weight excluding hydrogens is 820 g/mol. The standard InChI is InChI=1S/C46H48N4O.Pt/c1-8-9-11-14-32(5)37-17-20-43-42(27-37)41-19-18-39(29-44(41)49(43)45-24-31(4)21-22-47-45)51-40-26-35(23-30(2)3)25-38(28-40)50-34(7)46(33(6)48-50)36-15-12-10-13-16-36;/h10,12-13,15-22,24-27,30,32H,8-9,11,14,23H2,1-7H3;/q-2;+2. The van der Waals surface area contributed by atoms with Gasteiger partial charge in [-0.15, -0.1) is 35.7 Å². The summed E-state index contributed by atoms with van der Waals surface area (Å²) in [5.74, 6) is 3.13. The molecule has 6 heteroatoms. The maximum Gasteiger partial charge on any atom is 2.00 e. The Morgan fingerprint density at radius 1 is 0.808 bits per heavy atom. The van der Waals surface area contributed by atoms with E-state index in [1.807, 2.05) is 29.1 Å². The minimum absolute atomic E-state index is 0. The Morgan fingerprint density at radius 2 is 1.62 bits per heavy atom. The van der Waals surface area contributed by atoms with Crippen molar-refractivity contribution < 1.29 is 25.8 Å². The van der Waals surface area contributed by atoms with Gasteiger partial charge in [0.1, 0.15) is 5.82 Å². The number of rotatable bonds is 12. The summed E-state index contributed by atoms with van der Waals surface area (Å²) >= 11 is 0. The molecule has 268 valence electrons. The van der Waals surface area contributed by atoms with Crippen molar-refractivity contribution in [1.82, 2.24) is 19.3 Å². The largest absolute Gasteiger partial charge is 2.00 e. The second-order valence-electron chi connectivity index (χ2n) is 14.5. The Kier molecular flexibility index (Phi) is 11.5. The molecule has 0 aliphatic rings. The summed E-state index contributed by atoms with van der Waals surface area (Å²) in [6.45, 7) is 15.4. The third-order valence-corrected chi connectivity index (χ3v) is 9.95. The molecule has 3 aromatic heterocycles. The maximum atomic E-state index is 6.67. The van der Waals surface area contributed by atoms with Crippen molar-refractivity contribution >= 4 is 21.8 Å². The Labute approximate surface area is 323 Å². The van der Waals surface area contributed by atoms with Crippen LogP contribution in [0, 0.1) is 38.8 Å². The van der Waals surface area contributed by atoms with Crippen LogP contribution in [0.5, 0.6) is 11.5 Å². The van der Waals surface area contributed by atoms with Crippen LogP contribution in [-0.4, -0.2) is 19.3 Å². The van der Waals surface area contributed by atoms with Crippen molar-refractivity contribution in [2.45, 2.75) is 86.5 Å². The smallest absolute Gasteiger partial charge is 0.509 e. The Balaban J connectivity index is 0.00000464. The van der Waals surface area contributed by atoms with Crippen molar-refractivity contribution in [2.75, 3.05) is 0 Å². The number of unbranched alkanes of at least 4 members (excludes halogenated alkanes) is 2. The van der Waals surface area contributed by atoms with Crippen molar-refractivity contribution in [3.8, 4) is 34.1 Å². The summed E-state index contributed by atoms with van der Waals surface area (Å²) < 4.78 is 10.9. The normalized spacial score (nSPS) is 12.1. The predicted octanol–water partition coefficient (Wildman–Crippen LogP) is 12.2. The summed E-state index contributed by atoms with van der Waals surface area (Å²) in [5, 5.41) is 7.34. The van der Waals surface area contributed by atoms with E-state index in [2.05, 4.69) is 132 Å². The van der Waals surface area contributed by atoms with Crippen LogP contribution in [0.4, 0.5) is 0 Å². The molecule has 4 aromatic carbocycles. The molecule has 0 saturated heterocycles. The maximum absolute atomic E-state index is 6.67. The van der Waals surface area contributed by atoms with Gasteiger partial charge in [-0.25, -0.2) is 4.98 Å². The van der Waals surface area contributed by atoms with Crippen LogP contribution in [-0.2, 0) is 27.5 Å². The fourth-order valence-electron chi connectivity index (χ4n) is 7.42. The molecule has 52 heavy (non-hydrogen) atoms. The van der Waals surface area contributed by atoms with E-state index in [1.54, 1.807) is 0 Å². The summed E-state index contributed by atoms with van der Waals surface area (Å²) in [5.41, 5.74) is 11.0. The molecule has 0 radical (unpaired) electrons. The van der Waals surface area contributed by atoms with E-state index in [-0.39, 0.29) is 21.1 Å². The SMILES string of the molecule is CCCCCC(C)c1ccc2c(c1)c1ccc(Oc3[c-]c(-n4nc(C)c(-c5ccccc5)c4C)cc(CC(C)C)c3)[c-]c1n2-c1cc(C)ccn1.[Pt+2]. The number of aryl methyl sites for hydroxylation is 2. The number of nitrogens with zero attached hydrogens (tertiary/aromatic N) is 4. The Hall–Kier alpha value is -4.47. The third-order valence-electron chi connectivity index (χ3n) is 9.95. The first-order valence-corrected chi connectivity index (χ1v) is 18.5. The van der Waals surface area contributed by atoms with E-state index in [1.165, 1.54) is 42.2 Å². The van der Waals surface area contributed by atoms with Gasteiger partial charge in [0.25, 0.3) is 0 Å². The van der Waals surface area contributed by atoms with E-state index >= 15 is 0 Å². The van der Waals surface area contributed by atoms with Crippen LogP contribution >= 0.6 is 0 Å². The van der Waals surface area contributed by atoms with Crippen LogP contribution in [0.25, 0.3) is 44.4 Å². The van der Waals surface area contributed by atoms with E-state index in [4.69, 9.17) is 14.8 Å². The monoisotopic (exact) mass is 867 g/mol. The van der Waals surface area contributed by atoms with Crippen LogP contribution in [0.3, 0.4) is 0 Å². The molecule has 3 heterocycles. The summed E-state index contributed by atoms with van der Waals surface area (Å²) in [7, 11) is 0. The molecule has 0 saturated carbocycles. The molecule has 0 amide bonds. The molecule has 7 rings (SSSR count). The Morgan fingerprint density at radius 3 is 2.37 bits per heavy atom. The zero-order chi connectivity index (χ0) is 35.6. The molecular formula is C46H48N4OPt. The average molecular weight is 868 g/mol. The van der Waals surface area contributed by atoms with Gasteiger partial charge < -0.3 is 9.30 Å². The van der Waals surface area contributed by atoms with Crippen molar-refractivity contribution in [2.24, 2.45) is 5.92 Å². The first-order chi connectivity index (χ1) is 24.7. The number of hydrogen-bond donors (Lipinski definition) is 0. The summed E-state index contributed by atoms with van der Waals surface area (Å²) in [6.07, 6.45) is 7.76. The Bertz CT molecular complexity index is 2320. The quantitative estimate of drug-likeness (QED) is 0.0908. The number of aromatic nitrogens is 4. The molecule has 1 atom stereocenters. The van der Waals surface area contributed by atoms with Gasteiger partial charge in [-0.05, 0) is 91.4 Å². The number of benzene rings is 4. The fraction of sp³-hybridized carbons (Fsp3) is 0.304. The molecule has 7 aromatic rings. The third kappa shape index (κ3) is 7.66. The van der Waals surface area contributed by atoms with Crippen LogP contribution in [0.15, 0.2) is 91.1 Å². The van der Waals surface area contributed by atoms with E-state index in [0.717, 1.165) is 62.4 Å². The summed E-state index contributed by atoms with van der Waals surface area (Å²) in [6, 6.07) is 37.3. The molecule has 0 N–H and O–H groups in total. The van der Waals surface area contributed by atoms with Crippen molar-refractivity contribution in [3.05, 3.63) is 131 Å². The number of hydrogen-bond acceptors (Lipinski definition) is 3. The average Bonchev–Trinajstić information content (AvgIpc) is 3.60. The molecule has 0 aliphatic heterocycles. The van der Waals surface area contributed by atoms with Gasteiger partial charge in [-0.2, -0.15) is 16.7 Å². The minimum Gasteiger partial charge on any atom is -0.509 e. The number of ether oxygens (including phenoxy) is 1. The van der Waals surface area contributed by atoms with Gasteiger partial charge in [0.2, 0.25) is 0 Å². The topological polar surface area (TPSA) is 44.9 Å². The zero-order valence-electron chi connectivity index (χ0n) is 31.4. The van der Waals surface area contributed by atoms with E-state index < -0.39 is 0 Å². The summed E-state index contributed by atoms with van der Waals surface area (Å²) in [4.78, 5) is 4.81. The molecule has 1 unspecified atom stereocenters. The van der Waals surface area contributed by atoms with Crippen molar-refractivity contribution in [3.63, 3.8) is 0 Å². The van der Waals surface area contributed by atoms with Gasteiger partial charge >= 0.3 is 21.1 Å². The van der Waals surface area contributed by atoms with E-state index in [0.29, 0.717) is 23.3 Å². The van der Waals surface area contributed by atoms with Gasteiger partial charge in [0, 0.05) is 34.5 Å². The molecule has 5 nitrogen and oxygen atoms in total. The first-order valence-electron chi connectivity index (χ1n) is 18.5. The first kappa shape index (κ1) is 37.3. The number of pyridine rings is 1. The van der Waals surface area contributed by atoms with Crippen LogP contribution in [0.2, 0.25) is 0 Å². The van der Waals surface area contributed by atoms with Gasteiger partial charge in [-0.3, -0.25) is 4.68 Å². The predicted molar refractivity (Wildman–Crippen MR) is 211 cm³/mol. The zero-order valence-corrected chi connectivity index (χ0v) is 33.6. The molecule has 0 bridgehead atoms. The van der Waals surface area contributed by atoms with Gasteiger partial charge in [-0.1, -0.05) is 94.9 Å². The van der Waals surface area contributed by atoms with E-state index in [9.17, 15) is 0 Å². The van der Waals surface area contributed by atoms with Crippen LogP contribution < -0.4 is 4.74 Å². The minimum atomic E-state index is 0. The molecule has 0 aliphatic carbocycles. The van der Waals surface area contributed by atoms with Crippen molar-refractivity contribution in [1.29, 1.82) is 0 Å². The fourth-order valence-corrected chi connectivity index (χ4v) is 7.42. The molecule has 0 spiro atoms. The second-order valence-corrected chi connectivity index (χ2v) is 14.5. The van der Waals surface area contributed by atoms with Crippen LogP contribution in [0.1, 0.15) is 87.4 Å².